The molecule has 0 radical (unpaired) electrons. The van der Waals surface area contributed by atoms with Gasteiger partial charge < -0.3 is 4.74 Å². The Morgan fingerprint density at radius 3 is 2.67 bits per heavy atom. The monoisotopic (exact) mass is 249 g/mol. The topological polar surface area (TPSA) is 69.4 Å². The second-order valence-electron chi connectivity index (χ2n) is 4.51. The Balaban J connectivity index is 2.02. The molecule has 96 valence electrons. The van der Waals surface area contributed by atoms with Gasteiger partial charge in [0.05, 0.1) is 16.9 Å². The fraction of sp³-hybridized carbons (Fsp3) is 0.462. The first-order chi connectivity index (χ1) is 8.66. The van der Waals surface area contributed by atoms with Crippen LogP contribution in [0.4, 0.5) is 5.69 Å². The molecule has 0 aromatic heterocycles. The van der Waals surface area contributed by atoms with E-state index in [1.807, 2.05) is 0 Å². The lowest BCUT2D eigenvalue weighted by molar-refractivity contribution is -0.384. The number of carbonyl (C=O) groups is 1. The molecule has 18 heavy (non-hydrogen) atoms. The Hall–Kier alpha value is -1.91. The van der Waals surface area contributed by atoms with E-state index in [0.717, 1.165) is 25.7 Å². The highest BCUT2D eigenvalue weighted by Crippen LogP contribution is 2.26. The van der Waals surface area contributed by atoms with Gasteiger partial charge in [-0.15, -0.1) is 0 Å². The van der Waals surface area contributed by atoms with Crippen LogP contribution in [0.25, 0.3) is 0 Å². The van der Waals surface area contributed by atoms with Gasteiger partial charge in [-0.05, 0) is 18.9 Å². The molecule has 1 aromatic carbocycles. The predicted octanol–water partition coefficient (Wildman–Crippen LogP) is 3.08. The average molecular weight is 249 g/mol. The summed E-state index contributed by atoms with van der Waals surface area (Å²) < 4.78 is 5.20. The third kappa shape index (κ3) is 3.06. The largest absolute Gasteiger partial charge is 0.426 e. The summed E-state index contributed by atoms with van der Waals surface area (Å²) >= 11 is 0. The standard InChI is InChI=1S/C13H15NO4/c15-13(10-5-2-1-3-6-10)18-12-8-4-7-11(9-12)14(16)17/h4,7-10H,1-3,5-6H2. The van der Waals surface area contributed by atoms with Crippen LogP contribution < -0.4 is 4.74 Å². The van der Waals surface area contributed by atoms with Crippen LogP contribution >= 0.6 is 0 Å². The van der Waals surface area contributed by atoms with Crippen molar-refractivity contribution in [2.24, 2.45) is 5.92 Å². The summed E-state index contributed by atoms with van der Waals surface area (Å²) in [6.07, 6.45) is 4.98. The third-order valence-corrected chi connectivity index (χ3v) is 3.19. The van der Waals surface area contributed by atoms with Crippen molar-refractivity contribution in [1.29, 1.82) is 0 Å². The number of hydrogen-bond acceptors (Lipinski definition) is 4. The molecule has 1 saturated carbocycles. The molecule has 0 aliphatic heterocycles. The van der Waals surface area contributed by atoms with Crippen molar-refractivity contribution >= 4 is 11.7 Å². The van der Waals surface area contributed by atoms with Gasteiger partial charge in [0, 0.05) is 6.07 Å². The van der Waals surface area contributed by atoms with E-state index in [-0.39, 0.29) is 23.3 Å². The van der Waals surface area contributed by atoms with Gasteiger partial charge in [0.15, 0.2) is 0 Å². The lowest BCUT2D eigenvalue weighted by Gasteiger charge is -2.19. The smallest absolute Gasteiger partial charge is 0.314 e. The zero-order chi connectivity index (χ0) is 13.0. The van der Waals surface area contributed by atoms with Crippen molar-refractivity contribution in [1.82, 2.24) is 0 Å². The summed E-state index contributed by atoms with van der Waals surface area (Å²) in [6, 6.07) is 5.73. The number of nitro groups is 1. The first kappa shape index (κ1) is 12.5. The van der Waals surface area contributed by atoms with Crippen LogP contribution in [0.3, 0.4) is 0 Å². The van der Waals surface area contributed by atoms with Gasteiger partial charge in [-0.3, -0.25) is 14.9 Å². The molecule has 0 saturated heterocycles. The zero-order valence-corrected chi connectivity index (χ0v) is 10.0. The molecule has 1 aliphatic carbocycles. The molecule has 1 fully saturated rings. The van der Waals surface area contributed by atoms with Gasteiger partial charge in [0.25, 0.3) is 5.69 Å². The van der Waals surface area contributed by atoms with Crippen molar-refractivity contribution < 1.29 is 14.5 Å². The Morgan fingerprint density at radius 2 is 2.00 bits per heavy atom. The number of carbonyl (C=O) groups excluding carboxylic acids is 1. The maximum atomic E-state index is 11.9. The van der Waals surface area contributed by atoms with E-state index in [1.54, 1.807) is 6.07 Å². The summed E-state index contributed by atoms with van der Waals surface area (Å²) in [6.45, 7) is 0. The first-order valence-electron chi connectivity index (χ1n) is 6.13. The third-order valence-electron chi connectivity index (χ3n) is 3.19. The number of nitro benzene ring substituents is 1. The van der Waals surface area contributed by atoms with Crippen LogP contribution in [0.15, 0.2) is 24.3 Å². The number of nitrogens with zero attached hydrogens (tertiary/aromatic N) is 1. The number of non-ortho nitro benzene ring substituents is 1. The van der Waals surface area contributed by atoms with Crippen molar-refractivity contribution in [3.05, 3.63) is 34.4 Å². The number of rotatable bonds is 3. The summed E-state index contributed by atoms with van der Waals surface area (Å²) in [4.78, 5) is 22.0. The van der Waals surface area contributed by atoms with Crippen molar-refractivity contribution in [3.63, 3.8) is 0 Å². The Morgan fingerprint density at radius 1 is 1.28 bits per heavy atom. The van der Waals surface area contributed by atoms with E-state index < -0.39 is 4.92 Å². The van der Waals surface area contributed by atoms with E-state index in [9.17, 15) is 14.9 Å². The van der Waals surface area contributed by atoms with Crippen molar-refractivity contribution in [2.75, 3.05) is 0 Å². The van der Waals surface area contributed by atoms with Crippen LogP contribution in [0, 0.1) is 16.0 Å². The number of ether oxygens (including phenoxy) is 1. The van der Waals surface area contributed by atoms with Gasteiger partial charge in [0.2, 0.25) is 0 Å². The molecule has 0 atom stereocenters. The molecule has 0 N–H and O–H groups in total. The van der Waals surface area contributed by atoms with Crippen LogP contribution in [-0.2, 0) is 4.79 Å². The van der Waals surface area contributed by atoms with Gasteiger partial charge in [0.1, 0.15) is 5.75 Å². The normalized spacial score (nSPS) is 16.2. The molecule has 0 spiro atoms. The number of esters is 1. The highest BCUT2D eigenvalue weighted by atomic mass is 16.6. The van der Waals surface area contributed by atoms with E-state index in [2.05, 4.69) is 0 Å². The van der Waals surface area contributed by atoms with Gasteiger partial charge >= 0.3 is 5.97 Å². The van der Waals surface area contributed by atoms with Crippen LogP contribution in [0.1, 0.15) is 32.1 Å². The molecule has 2 rings (SSSR count). The number of benzene rings is 1. The van der Waals surface area contributed by atoms with Crippen LogP contribution in [0.5, 0.6) is 5.75 Å². The fourth-order valence-electron chi connectivity index (χ4n) is 2.20. The second kappa shape index (κ2) is 5.62. The molecule has 1 aliphatic rings. The lowest BCUT2D eigenvalue weighted by atomic mass is 9.89. The van der Waals surface area contributed by atoms with Gasteiger partial charge in [-0.2, -0.15) is 0 Å². The van der Waals surface area contributed by atoms with E-state index in [1.165, 1.54) is 24.6 Å². The minimum Gasteiger partial charge on any atom is -0.426 e. The molecule has 5 heteroatoms. The SMILES string of the molecule is O=C(Oc1cccc([N+](=O)[O-])c1)C1CCCCC1. The quantitative estimate of drug-likeness (QED) is 0.357. The van der Waals surface area contributed by atoms with Crippen molar-refractivity contribution in [3.8, 4) is 5.75 Å². The molecular formula is C13H15NO4. The molecule has 1 aromatic rings. The summed E-state index contributed by atoms with van der Waals surface area (Å²) in [7, 11) is 0. The highest BCUT2D eigenvalue weighted by Gasteiger charge is 2.23. The predicted molar refractivity (Wildman–Crippen MR) is 65.3 cm³/mol. The fourth-order valence-corrected chi connectivity index (χ4v) is 2.20. The Labute approximate surface area is 105 Å². The van der Waals surface area contributed by atoms with Gasteiger partial charge in [-0.25, -0.2) is 0 Å². The molecule has 0 heterocycles. The van der Waals surface area contributed by atoms with E-state index in [4.69, 9.17) is 4.74 Å². The summed E-state index contributed by atoms with van der Waals surface area (Å²) in [5.74, 6) is -0.0759. The van der Waals surface area contributed by atoms with Gasteiger partial charge in [-0.1, -0.05) is 25.3 Å². The van der Waals surface area contributed by atoms with Crippen molar-refractivity contribution in [2.45, 2.75) is 32.1 Å². The van der Waals surface area contributed by atoms with E-state index in [0.29, 0.717) is 0 Å². The number of hydrogen-bond donors (Lipinski definition) is 0. The molecule has 5 nitrogen and oxygen atoms in total. The van der Waals surface area contributed by atoms with Crippen LogP contribution in [-0.4, -0.2) is 10.9 Å². The summed E-state index contributed by atoms with van der Waals surface area (Å²) in [5, 5.41) is 10.6. The Kier molecular flexibility index (Phi) is 3.92. The average Bonchev–Trinajstić information content (AvgIpc) is 2.40. The van der Waals surface area contributed by atoms with Crippen LogP contribution in [0.2, 0.25) is 0 Å². The molecule has 0 unspecified atom stereocenters. The second-order valence-corrected chi connectivity index (χ2v) is 4.51. The lowest BCUT2D eigenvalue weighted by Crippen LogP contribution is -2.22. The maximum absolute atomic E-state index is 11.9. The highest BCUT2D eigenvalue weighted by molar-refractivity contribution is 5.75. The zero-order valence-electron chi connectivity index (χ0n) is 10.0. The maximum Gasteiger partial charge on any atom is 0.314 e. The first-order valence-corrected chi connectivity index (χ1v) is 6.13. The minimum absolute atomic E-state index is 0.0574. The minimum atomic E-state index is -0.502. The molecule has 0 amide bonds. The molecule has 0 bridgehead atoms. The molecular weight excluding hydrogens is 234 g/mol. The van der Waals surface area contributed by atoms with E-state index >= 15 is 0 Å². The Bertz CT molecular complexity index is 452. The summed E-state index contributed by atoms with van der Waals surface area (Å²) in [5.41, 5.74) is -0.0658.